The van der Waals surface area contributed by atoms with Crippen molar-refractivity contribution in [3.8, 4) is 5.88 Å². The van der Waals surface area contributed by atoms with E-state index in [4.69, 9.17) is 32.7 Å². The van der Waals surface area contributed by atoms with E-state index in [9.17, 15) is 9.59 Å². The van der Waals surface area contributed by atoms with Gasteiger partial charge in [0, 0.05) is 15.6 Å². The third kappa shape index (κ3) is 5.43. The highest BCUT2D eigenvalue weighted by Gasteiger charge is 2.23. The fourth-order valence-corrected chi connectivity index (χ4v) is 2.57. The quantitative estimate of drug-likeness (QED) is 0.295. The fraction of sp³-hybridized carbons (Fsp3) is 0.150. The first kappa shape index (κ1) is 21.5. The van der Waals surface area contributed by atoms with Gasteiger partial charge in [0.25, 0.3) is 5.88 Å². The van der Waals surface area contributed by atoms with Crippen LogP contribution >= 0.6 is 23.2 Å². The van der Waals surface area contributed by atoms with E-state index in [1.54, 1.807) is 55.5 Å². The average molecular weight is 447 g/mol. The van der Waals surface area contributed by atoms with Gasteiger partial charge in [-0.2, -0.15) is 5.10 Å². The summed E-state index contributed by atoms with van der Waals surface area (Å²) in [5, 5.41) is 12.8. The summed E-state index contributed by atoms with van der Waals surface area (Å²) in [7, 11) is 0. The van der Waals surface area contributed by atoms with Crippen LogP contribution in [0.3, 0.4) is 0 Å². The van der Waals surface area contributed by atoms with E-state index >= 15 is 0 Å². The van der Waals surface area contributed by atoms with Gasteiger partial charge >= 0.3 is 5.97 Å². The first-order valence-corrected chi connectivity index (χ1v) is 9.58. The molecule has 0 aliphatic rings. The number of hydrogen-bond donors (Lipinski definition) is 0. The molecule has 30 heavy (non-hydrogen) atoms. The molecule has 0 bridgehead atoms. The molecule has 0 fully saturated rings. The second kappa shape index (κ2) is 10.00. The highest BCUT2D eigenvalue weighted by molar-refractivity contribution is 6.31. The molecule has 0 amide bonds. The predicted molar refractivity (Wildman–Crippen MR) is 112 cm³/mol. The van der Waals surface area contributed by atoms with Gasteiger partial charge in [0.15, 0.2) is 12.4 Å². The minimum atomic E-state index is -0.737. The molecule has 8 nitrogen and oxygen atoms in total. The number of nitrogens with zero attached hydrogens (tertiary/aromatic N) is 4. The highest BCUT2D eigenvalue weighted by Crippen LogP contribution is 2.18. The number of carbonyl (C=O) groups excluding carboxylic acids is 2. The zero-order valence-electron chi connectivity index (χ0n) is 15.8. The van der Waals surface area contributed by atoms with Crippen molar-refractivity contribution in [2.45, 2.75) is 6.92 Å². The van der Waals surface area contributed by atoms with Crippen LogP contribution in [-0.4, -0.2) is 46.3 Å². The number of aromatic nitrogens is 3. The smallest absolute Gasteiger partial charge is 0.364 e. The first-order chi connectivity index (χ1) is 14.5. The predicted octanol–water partition coefficient (Wildman–Crippen LogP) is 3.91. The van der Waals surface area contributed by atoms with Crippen LogP contribution in [-0.2, 0) is 4.74 Å². The Balaban J connectivity index is 1.82. The zero-order valence-corrected chi connectivity index (χ0v) is 17.3. The number of benzene rings is 2. The summed E-state index contributed by atoms with van der Waals surface area (Å²) >= 11 is 11.7. The molecule has 0 saturated carbocycles. The van der Waals surface area contributed by atoms with E-state index in [0.29, 0.717) is 15.6 Å². The largest absolute Gasteiger partial charge is 0.466 e. The number of ketones is 1. The van der Waals surface area contributed by atoms with E-state index in [0.717, 1.165) is 10.4 Å². The fourth-order valence-electron chi connectivity index (χ4n) is 2.32. The molecule has 0 radical (unpaired) electrons. The maximum atomic E-state index is 12.4. The Labute approximate surface area is 182 Å². The summed E-state index contributed by atoms with van der Waals surface area (Å²) in [5.41, 5.74) is 0.950. The highest BCUT2D eigenvalue weighted by atomic mass is 35.5. The minimum Gasteiger partial charge on any atom is -0.466 e. The Morgan fingerprint density at radius 2 is 1.70 bits per heavy atom. The van der Waals surface area contributed by atoms with Gasteiger partial charge in [0.2, 0.25) is 5.69 Å². The molecule has 0 unspecified atom stereocenters. The van der Waals surface area contributed by atoms with Crippen molar-refractivity contribution in [2.24, 2.45) is 5.10 Å². The lowest BCUT2D eigenvalue weighted by molar-refractivity contribution is 0.0512. The van der Waals surface area contributed by atoms with E-state index in [-0.39, 0.29) is 30.6 Å². The maximum Gasteiger partial charge on any atom is 0.364 e. The maximum absolute atomic E-state index is 12.4. The molecule has 1 aromatic heterocycles. The van der Waals surface area contributed by atoms with Gasteiger partial charge in [-0.1, -0.05) is 40.1 Å². The SMILES string of the molecule is CCOC(=O)c1nnn(/N=C/c2ccc(Cl)cc2)c1OCC(=O)c1ccc(Cl)cc1. The molecule has 154 valence electrons. The van der Waals surface area contributed by atoms with Crippen molar-refractivity contribution in [1.29, 1.82) is 0 Å². The van der Waals surface area contributed by atoms with Crippen LogP contribution in [0, 0.1) is 0 Å². The summed E-state index contributed by atoms with van der Waals surface area (Å²) in [6, 6.07) is 13.3. The van der Waals surface area contributed by atoms with Crippen molar-refractivity contribution >= 4 is 41.2 Å². The Morgan fingerprint density at radius 3 is 2.33 bits per heavy atom. The van der Waals surface area contributed by atoms with Crippen LogP contribution < -0.4 is 4.74 Å². The Bertz CT molecular complexity index is 1060. The van der Waals surface area contributed by atoms with Crippen LogP contribution in [0.15, 0.2) is 53.6 Å². The summed E-state index contributed by atoms with van der Waals surface area (Å²) in [6.07, 6.45) is 1.48. The average Bonchev–Trinajstić information content (AvgIpc) is 3.15. The van der Waals surface area contributed by atoms with Gasteiger partial charge in [-0.25, -0.2) is 4.79 Å². The summed E-state index contributed by atoms with van der Waals surface area (Å²) < 4.78 is 10.5. The normalized spacial score (nSPS) is 10.9. The molecule has 1 heterocycles. The van der Waals surface area contributed by atoms with E-state index in [1.807, 2.05) is 0 Å². The molecule has 3 aromatic rings. The van der Waals surface area contributed by atoms with Gasteiger partial charge in [-0.05, 0) is 54.1 Å². The lowest BCUT2D eigenvalue weighted by atomic mass is 10.1. The number of Topliss-reactive ketones (excluding diaryl/α,β-unsaturated/α-hetero) is 1. The molecule has 3 rings (SSSR count). The number of hydrogen-bond acceptors (Lipinski definition) is 7. The van der Waals surface area contributed by atoms with Crippen LogP contribution in [0.2, 0.25) is 10.0 Å². The van der Waals surface area contributed by atoms with Gasteiger partial charge in [-0.15, -0.1) is 5.10 Å². The zero-order chi connectivity index (χ0) is 21.5. The van der Waals surface area contributed by atoms with Crippen molar-refractivity contribution < 1.29 is 19.1 Å². The minimum absolute atomic E-state index is 0.110. The summed E-state index contributed by atoms with van der Waals surface area (Å²) in [4.78, 5) is 25.6. The molecule has 0 atom stereocenters. The number of ether oxygens (including phenoxy) is 2. The number of esters is 1. The molecule has 0 saturated heterocycles. The Kier molecular flexibility index (Phi) is 7.16. The van der Waals surface area contributed by atoms with Crippen LogP contribution in [0.1, 0.15) is 33.3 Å². The molecule has 10 heteroatoms. The van der Waals surface area contributed by atoms with Crippen LogP contribution in [0.25, 0.3) is 0 Å². The number of rotatable bonds is 8. The third-order valence-electron chi connectivity index (χ3n) is 3.77. The molecule has 0 aliphatic heterocycles. The molecular weight excluding hydrogens is 431 g/mol. The van der Waals surface area contributed by atoms with Gasteiger partial charge in [0.05, 0.1) is 12.8 Å². The Hall–Kier alpha value is -3.23. The third-order valence-corrected chi connectivity index (χ3v) is 4.28. The van der Waals surface area contributed by atoms with E-state index in [2.05, 4.69) is 15.4 Å². The molecule has 2 aromatic carbocycles. The lowest BCUT2D eigenvalue weighted by Crippen LogP contribution is -2.15. The van der Waals surface area contributed by atoms with E-state index in [1.165, 1.54) is 6.21 Å². The topological polar surface area (TPSA) is 95.7 Å². The summed E-state index contributed by atoms with van der Waals surface area (Å²) in [5.74, 6) is -1.17. The summed E-state index contributed by atoms with van der Waals surface area (Å²) in [6.45, 7) is 1.44. The number of halogens is 2. The van der Waals surface area contributed by atoms with Crippen LogP contribution in [0.5, 0.6) is 5.88 Å². The Morgan fingerprint density at radius 1 is 1.07 bits per heavy atom. The number of carbonyl (C=O) groups is 2. The van der Waals surface area contributed by atoms with Crippen molar-refractivity contribution in [3.05, 3.63) is 75.4 Å². The molecule has 0 N–H and O–H groups in total. The van der Waals surface area contributed by atoms with Gasteiger partial charge < -0.3 is 9.47 Å². The lowest BCUT2D eigenvalue weighted by Gasteiger charge is -2.07. The van der Waals surface area contributed by atoms with E-state index < -0.39 is 5.97 Å². The molecular formula is C20H16Cl2N4O4. The second-order valence-electron chi connectivity index (χ2n) is 5.87. The second-order valence-corrected chi connectivity index (χ2v) is 6.74. The molecule has 0 spiro atoms. The van der Waals surface area contributed by atoms with Gasteiger partial charge in [-0.3, -0.25) is 4.79 Å². The van der Waals surface area contributed by atoms with Crippen molar-refractivity contribution in [3.63, 3.8) is 0 Å². The first-order valence-electron chi connectivity index (χ1n) is 8.82. The van der Waals surface area contributed by atoms with Crippen molar-refractivity contribution in [1.82, 2.24) is 15.1 Å². The standard InChI is InChI=1S/C20H16Cl2N4O4/c1-2-29-20(28)18-19(30-12-17(27)14-5-9-16(22)10-6-14)26(25-24-18)23-11-13-3-7-15(21)8-4-13/h3-11H,2,12H2,1H3/b23-11+. The van der Waals surface area contributed by atoms with Gasteiger partial charge in [0.1, 0.15) is 0 Å². The monoisotopic (exact) mass is 446 g/mol. The van der Waals surface area contributed by atoms with Crippen LogP contribution in [0.4, 0.5) is 0 Å². The molecule has 0 aliphatic carbocycles. The van der Waals surface area contributed by atoms with Crippen molar-refractivity contribution in [2.75, 3.05) is 13.2 Å².